The Morgan fingerprint density at radius 3 is 2.76 bits per heavy atom. The molecular formula is C22H29ClN6. The summed E-state index contributed by atoms with van der Waals surface area (Å²) in [5.41, 5.74) is 2.33. The topological polar surface area (TPSA) is 55.8 Å². The van der Waals surface area contributed by atoms with Gasteiger partial charge in [-0.2, -0.15) is 0 Å². The zero-order valence-electron chi connectivity index (χ0n) is 16.9. The standard InChI is InChI=1S/C22H29ClN6/c1-24-22(26-15-17-7-8-21(25-14-17)28-10-2-3-11-28)27-19-9-12-29(16-19)20-6-4-5-18(23)13-20/h4-8,13-14,19H,2-3,9-12,15-16H2,1H3,(H2,24,26,27). The molecule has 0 radical (unpaired) electrons. The lowest BCUT2D eigenvalue weighted by Crippen LogP contribution is -2.44. The second-order valence-corrected chi connectivity index (χ2v) is 8.14. The summed E-state index contributed by atoms with van der Waals surface area (Å²) in [5, 5.41) is 7.73. The average molecular weight is 413 g/mol. The molecule has 1 aromatic carbocycles. The van der Waals surface area contributed by atoms with Gasteiger partial charge in [0.25, 0.3) is 0 Å². The number of rotatable bonds is 5. The molecule has 0 saturated carbocycles. The lowest BCUT2D eigenvalue weighted by molar-refractivity contribution is 0.648. The van der Waals surface area contributed by atoms with E-state index in [-0.39, 0.29) is 0 Å². The fourth-order valence-electron chi connectivity index (χ4n) is 4.01. The molecular weight excluding hydrogens is 384 g/mol. The average Bonchev–Trinajstić information content (AvgIpc) is 3.44. The number of anilines is 2. The molecule has 1 unspecified atom stereocenters. The van der Waals surface area contributed by atoms with Gasteiger partial charge in [0.1, 0.15) is 5.82 Å². The highest BCUT2D eigenvalue weighted by molar-refractivity contribution is 6.30. The predicted octanol–water partition coefficient (Wildman–Crippen LogP) is 3.28. The van der Waals surface area contributed by atoms with E-state index in [1.807, 2.05) is 31.4 Å². The minimum Gasteiger partial charge on any atom is -0.369 e. The van der Waals surface area contributed by atoms with Gasteiger partial charge in [-0.1, -0.05) is 23.7 Å². The first kappa shape index (κ1) is 19.8. The van der Waals surface area contributed by atoms with Crippen LogP contribution in [0.5, 0.6) is 0 Å². The van der Waals surface area contributed by atoms with Crippen LogP contribution in [0.15, 0.2) is 47.6 Å². The maximum Gasteiger partial charge on any atom is 0.191 e. The van der Waals surface area contributed by atoms with Crippen molar-refractivity contribution < 1.29 is 0 Å². The monoisotopic (exact) mass is 412 g/mol. The van der Waals surface area contributed by atoms with E-state index in [1.54, 1.807) is 0 Å². The highest BCUT2D eigenvalue weighted by Gasteiger charge is 2.23. The number of pyridine rings is 1. The molecule has 2 saturated heterocycles. The molecule has 4 rings (SSSR count). The maximum atomic E-state index is 6.13. The lowest BCUT2D eigenvalue weighted by atomic mass is 10.2. The third-order valence-electron chi connectivity index (χ3n) is 5.63. The van der Waals surface area contributed by atoms with Crippen LogP contribution in [-0.4, -0.2) is 50.2 Å². The first-order chi connectivity index (χ1) is 14.2. The number of aromatic nitrogens is 1. The minimum atomic E-state index is 0.357. The van der Waals surface area contributed by atoms with Crippen LogP contribution in [0.2, 0.25) is 5.02 Å². The van der Waals surface area contributed by atoms with Gasteiger partial charge in [-0.15, -0.1) is 0 Å². The van der Waals surface area contributed by atoms with Crippen LogP contribution in [0.1, 0.15) is 24.8 Å². The maximum absolute atomic E-state index is 6.13. The van der Waals surface area contributed by atoms with Crippen molar-refractivity contribution in [3.63, 3.8) is 0 Å². The molecule has 1 aromatic heterocycles. The third kappa shape index (κ3) is 5.12. The van der Waals surface area contributed by atoms with Crippen molar-refractivity contribution in [3.8, 4) is 0 Å². The van der Waals surface area contributed by atoms with Gasteiger partial charge < -0.3 is 20.4 Å². The molecule has 3 heterocycles. The second-order valence-electron chi connectivity index (χ2n) is 7.70. The second kappa shape index (κ2) is 9.35. The Labute approximate surface area is 178 Å². The Balaban J connectivity index is 1.26. The first-order valence-electron chi connectivity index (χ1n) is 10.4. The molecule has 2 N–H and O–H groups in total. The van der Waals surface area contributed by atoms with E-state index in [4.69, 9.17) is 11.6 Å². The van der Waals surface area contributed by atoms with Crippen molar-refractivity contribution in [1.29, 1.82) is 0 Å². The Morgan fingerprint density at radius 1 is 1.17 bits per heavy atom. The summed E-state index contributed by atoms with van der Waals surface area (Å²) in [7, 11) is 1.81. The van der Waals surface area contributed by atoms with Crippen LogP contribution >= 0.6 is 11.6 Å². The summed E-state index contributed by atoms with van der Waals surface area (Å²) >= 11 is 6.13. The van der Waals surface area contributed by atoms with Crippen LogP contribution in [-0.2, 0) is 6.54 Å². The van der Waals surface area contributed by atoms with Gasteiger partial charge in [-0.05, 0) is 49.1 Å². The largest absolute Gasteiger partial charge is 0.369 e. The number of nitrogens with one attached hydrogen (secondary N) is 2. The van der Waals surface area contributed by atoms with E-state index >= 15 is 0 Å². The SMILES string of the molecule is CN=C(NCc1ccc(N2CCCC2)nc1)NC1CCN(c2cccc(Cl)c2)C1. The van der Waals surface area contributed by atoms with Crippen LogP contribution < -0.4 is 20.4 Å². The number of nitrogens with zero attached hydrogens (tertiary/aromatic N) is 4. The van der Waals surface area contributed by atoms with Gasteiger partial charge >= 0.3 is 0 Å². The Bertz CT molecular complexity index is 831. The van der Waals surface area contributed by atoms with E-state index in [9.17, 15) is 0 Å². The fraction of sp³-hybridized carbons (Fsp3) is 0.455. The van der Waals surface area contributed by atoms with Gasteiger partial charge in [-0.3, -0.25) is 4.99 Å². The van der Waals surface area contributed by atoms with Crippen LogP contribution in [0.4, 0.5) is 11.5 Å². The van der Waals surface area contributed by atoms with E-state index in [0.29, 0.717) is 12.6 Å². The highest BCUT2D eigenvalue weighted by Crippen LogP contribution is 2.23. The van der Waals surface area contributed by atoms with Crippen LogP contribution in [0.3, 0.4) is 0 Å². The normalized spacial score (nSPS) is 19.7. The first-order valence-corrected chi connectivity index (χ1v) is 10.8. The number of aliphatic imine (C=N–C) groups is 1. The smallest absolute Gasteiger partial charge is 0.191 e. The van der Waals surface area contributed by atoms with Crippen molar-refractivity contribution in [2.24, 2.45) is 4.99 Å². The van der Waals surface area contributed by atoms with E-state index in [1.165, 1.54) is 18.5 Å². The summed E-state index contributed by atoms with van der Waals surface area (Å²) in [6.07, 6.45) is 5.56. The summed E-state index contributed by atoms with van der Waals surface area (Å²) in [5.74, 6) is 1.91. The molecule has 0 aliphatic carbocycles. The molecule has 6 nitrogen and oxygen atoms in total. The summed E-state index contributed by atoms with van der Waals surface area (Å²) in [6.45, 7) is 4.89. The summed E-state index contributed by atoms with van der Waals surface area (Å²) in [6, 6.07) is 12.7. The van der Waals surface area contributed by atoms with Gasteiger partial charge in [0.2, 0.25) is 0 Å². The van der Waals surface area contributed by atoms with Gasteiger partial charge in [0.15, 0.2) is 5.96 Å². The Morgan fingerprint density at radius 2 is 2.03 bits per heavy atom. The van der Waals surface area contributed by atoms with Crippen molar-refractivity contribution in [2.75, 3.05) is 43.0 Å². The van der Waals surface area contributed by atoms with Gasteiger partial charge in [-0.25, -0.2) is 4.98 Å². The number of guanidine groups is 1. The Kier molecular flexibility index (Phi) is 6.39. The molecule has 0 bridgehead atoms. The molecule has 7 heteroatoms. The quantitative estimate of drug-likeness (QED) is 0.583. The number of halogens is 1. The number of benzene rings is 1. The zero-order valence-corrected chi connectivity index (χ0v) is 17.7. The molecule has 2 aromatic rings. The van der Waals surface area contributed by atoms with Gasteiger partial charge in [0, 0.05) is 62.7 Å². The predicted molar refractivity (Wildman–Crippen MR) is 121 cm³/mol. The molecule has 154 valence electrons. The van der Waals surface area contributed by atoms with E-state index in [2.05, 4.69) is 48.6 Å². The van der Waals surface area contributed by atoms with Crippen molar-refractivity contribution in [2.45, 2.75) is 31.8 Å². The zero-order chi connectivity index (χ0) is 20.1. The lowest BCUT2D eigenvalue weighted by Gasteiger charge is -2.21. The molecule has 2 fully saturated rings. The fourth-order valence-corrected chi connectivity index (χ4v) is 4.20. The summed E-state index contributed by atoms with van der Waals surface area (Å²) < 4.78 is 0. The van der Waals surface area contributed by atoms with Crippen molar-refractivity contribution in [1.82, 2.24) is 15.6 Å². The van der Waals surface area contributed by atoms with Crippen LogP contribution in [0, 0.1) is 0 Å². The highest BCUT2D eigenvalue weighted by atomic mass is 35.5. The Hall–Kier alpha value is -2.47. The molecule has 2 aliphatic rings. The molecule has 0 spiro atoms. The van der Waals surface area contributed by atoms with Gasteiger partial charge in [0.05, 0.1) is 0 Å². The molecule has 29 heavy (non-hydrogen) atoms. The van der Waals surface area contributed by atoms with Crippen molar-refractivity contribution in [3.05, 3.63) is 53.2 Å². The minimum absolute atomic E-state index is 0.357. The molecule has 0 amide bonds. The van der Waals surface area contributed by atoms with E-state index in [0.717, 1.165) is 55.0 Å². The van der Waals surface area contributed by atoms with Crippen LogP contribution in [0.25, 0.3) is 0 Å². The number of hydrogen-bond acceptors (Lipinski definition) is 4. The number of hydrogen-bond donors (Lipinski definition) is 2. The molecule has 1 atom stereocenters. The summed E-state index contributed by atoms with van der Waals surface area (Å²) in [4.78, 5) is 13.7. The molecule has 2 aliphatic heterocycles. The van der Waals surface area contributed by atoms with E-state index < -0.39 is 0 Å². The third-order valence-corrected chi connectivity index (χ3v) is 5.86. The van der Waals surface area contributed by atoms with Crippen molar-refractivity contribution >= 4 is 29.1 Å².